The lowest BCUT2D eigenvalue weighted by molar-refractivity contribution is -0.148. The fourth-order valence-electron chi connectivity index (χ4n) is 9.62. The van der Waals surface area contributed by atoms with Crippen molar-refractivity contribution in [1.82, 2.24) is 29.2 Å². The van der Waals surface area contributed by atoms with Crippen LogP contribution >= 0.6 is 23.2 Å². The molecule has 0 unspecified atom stereocenters. The number of hydrogen-bond donors (Lipinski definition) is 1. The average molecular weight is 950 g/mol. The molecule has 4 heterocycles. The Kier molecular flexibility index (Phi) is 15.0. The van der Waals surface area contributed by atoms with E-state index in [1.165, 1.54) is 22.6 Å². The summed E-state index contributed by atoms with van der Waals surface area (Å²) in [5, 5.41) is 11.6. The summed E-state index contributed by atoms with van der Waals surface area (Å²) in [6.45, 7) is 4.23. The lowest BCUT2D eigenvalue weighted by Crippen LogP contribution is -2.52. The molecule has 0 bridgehead atoms. The number of nitrogens with zero attached hydrogens (tertiary/aromatic N) is 6. The normalized spacial score (nSPS) is 22.3. The van der Waals surface area contributed by atoms with E-state index in [-0.39, 0.29) is 38.4 Å². The molecule has 1 N–H and O–H groups in total. The molecular formula is C52H58Cl2N6O7. The highest BCUT2D eigenvalue weighted by Crippen LogP contribution is 2.41. The number of halogens is 2. The Hall–Kier alpha value is -5.73. The van der Waals surface area contributed by atoms with E-state index in [0.29, 0.717) is 39.3 Å². The highest BCUT2D eigenvalue weighted by Gasteiger charge is 2.42. The fourth-order valence-corrected chi connectivity index (χ4v) is 9.91. The molecule has 4 aromatic carbocycles. The number of ether oxygens (including phenoxy) is 2. The predicted octanol–water partition coefficient (Wildman–Crippen LogP) is 7.79. The molecule has 67 heavy (non-hydrogen) atoms. The maximum atomic E-state index is 15.1. The van der Waals surface area contributed by atoms with Crippen LogP contribution < -0.4 is 9.47 Å². The number of imidazole rings is 1. The summed E-state index contributed by atoms with van der Waals surface area (Å²) in [5.41, 5.74) is 4.22. The first-order valence-corrected chi connectivity index (χ1v) is 23.7. The van der Waals surface area contributed by atoms with Crippen LogP contribution in [0.2, 0.25) is 10.0 Å². The van der Waals surface area contributed by atoms with Crippen molar-refractivity contribution in [2.45, 2.75) is 70.1 Å². The quantitative estimate of drug-likeness (QED) is 0.141. The molecule has 0 radical (unpaired) electrons. The van der Waals surface area contributed by atoms with E-state index >= 15 is 4.79 Å². The van der Waals surface area contributed by atoms with Crippen LogP contribution in [0.3, 0.4) is 0 Å². The van der Waals surface area contributed by atoms with Gasteiger partial charge in [-0.25, -0.2) is 4.98 Å². The molecule has 3 amide bonds. The number of Topliss-reactive ketones (excluding diaryl/α,β-unsaturated/α-hetero) is 1. The maximum absolute atomic E-state index is 15.1. The van der Waals surface area contributed by atoms with E-state index < -0.39 is 54.0 Å². The van der Waals surface area contributed by atoms with Gasteiger partial charge < -0.3 is 33.8 Å². The molecule has 3 aliphatic rings. The van der Waals surface area contributed by atoms with Crippen LogP contribution in [0.1, 0.15) is 61.0 Å². The molecule has 8 rings (SSSR count). The van der Waals surface area contributed by atoms with Gasteiger partial charge in [-0.3, -0.25) is 24.1 Å². The Balaban J connectivity index is 1.10. The molecule has 5 atom stereocenters. The smallest absolute Gasteiger partial charge is 0.228 e. The van der Waals surface area contributed by atoms with Crippen LogP contribution in [-0.4, -0.2) is 117 Å². The van der Waals surface area contributed by atoms with Crippen LogP contribution in [0.5, 0.6) is 17.2 Å². The number of likely N-dealkylation sites (tertiary alicyclic amines) is 1. The number of aliphatic hydroxyl groups excluding tert-OH is 1. The first-order valence-electron chi connectivity index (χ1n) is 23.0. The van der Waals surface area contributed by atoms with E-state index in [1.54, 1.807) is 56.3 Å². The van der Waals surface area contributed by atoms with Crippen LogP contribution in [0.25, 0.3) is 11.3 Å². The third-order valence-corrected chi connectivity index (χ3v) is 14.2. The molecule has 2 saturated heterocycles. The lowest BCUT2D eigenvalue weighted by atomic mass is 9.83. The van der Waals surface area contributed by atoms with Gasteiger partial charge in [-0.1, -0.05) is 59.6 Å². The molecule has 0 saturated carbocycles. The van der Waals surface area contributed by atoms with Gasteiger partial charge in [0, 0.05) is 73.2 Å². The minimum Gasteiger partial charge on any atom is -0.493 e. The summed E-state index contributed by atoms with van der Waals surface area (Å²) < 4.78 is 14.7. The van der Waals surface area contributed by atoms with Gasteiger partial charge in [-0.05, 0) is 99.4 Å². The Morgan fingerprint density at radius 3 is 2.27 bits per heavy atom. The fraction of sp³-hybridized carbons (Fsp3) is 0.404. The SMILES string of the molecule is C[C@H]1C(=O)C[C@@H](CO)C(=O)N(C)[C@H](Cc2ccc(Cl)cc2)CN(C)C(=O)[C@H]([C@H]2COc3ccccc32)CC(=O)N1Cc1ccc(Cl)cc1Oc1ccc(-c2cnc(CN3CCCC3)n2C)cc1. The summed E-state index contributed by atoms with van der Waals surface area (Å²) in [5.74, 6) is -1.49. The number of fused-ring (bicyclic) bond motifs is 1. The van der Waals surface area contributed by atoms with Gasteiger partial charge in [-0.2, -0.15) is 0 Å². The minimum atomic E-state index is -1.09. The number of rotatable bonds is 11. The monoisotopic (exact) mass is 948 g/mol. The van der Waals surface area contributed by atoms with Gasteiger partial charge in [0.15, 0.2) is 5.78 Å². The molecule has 15 heteroatoms. The van der Waals surface area contributed by atoms with Gasteiger partial charge in [0.1, 0.15) is 23.1 Å². The average Bonchev–Trinajstić information content (AvgIpc) is 4.10. The van der Waals surface area contributed by atoms with Crippen molar-refractivity contribution >= 4 is 46.7 Å². The van der Waals surface area contributed by atoms with Gasteiger partial charge in [0.05, 0.1) is 62.1 Å². The van der Waals surface area contributed by atoms with E-state index in [4.69, 9.17) is 37.7 Å². The number of likely N-dealkylation sites (N-methyl/N-ethyl adjacent to an activating group) is 2. The van der Waals surface area contributed by atoms with Gasteiger partial charge in [0.25, 0.3) is 0 Å². The number of amides is 3. The molecule has 13 nitrogen and oxygen atoms in total. The predicted molar refractivity (Wildman–Crippen MR) is 257 cm³/mol. The van der Waals surface area contributed by atoms with Crippen LogP contribution in [0.4, 0.5) is 0 Å². The maximum Gasteiger partial charge on any atom is 0.228 e. The van der Waals surface area contributed by atoms with E-state index in [9.17, 15) is 19.5 Å². The number of hydrogen-bond acceptors (Lipinski definition) is 9. The largest absolute Gasteiger partial charge is 0.493 e. The number of ketones is 1. The number of benzene rings is 4. The highest BCUT2D eigenvalue weighted by atomic mass is 35.5. The van der Waals surface area contributed by atoms with E-state index in [1.807, 2.05) is 73.9 Å². The molecule has 0 spiro atoms. The Morgan fingerprint density at radius 1 is 0.821 bits per heavy atom. The summed E-state index contributed by atoms with van der Waals surface area (Å²) in [4.78, 5) is 70.4. The second-order valence-electron chi connectivity index (χ2n) is 18.1. The summed E-state index contributed by atoms with van der Waals surface area (Å²) in [7, 11) is 5.35. The number of aliphatic hydroxyl groups is 1. The zero-order chi connectivity index (χ0) is 47.4. The van der Waals surface area contributed by atoms with Crippen LogP contribution in [0, 0.1) is 11.8 Å². The van der Waals surface area contributed by atoms with Crippen LogP contribution in [-0.2, 0) is 45.7 Å². The number of aromatic nitrogens is 2. The molecule has 352 valence electrons. The highest BCUT2D eigenvalue weighted by molar-refractivity contribution is 6.31. The molecule has 2 fully saturated rings. The van der Waals surface area contributed by atoms with Gasteiger partial charge in [-0.15, -0.1) is 0 Å². The van der Waals surface area contributed by atoms with Gasteiger partial charge >= 0.3 is 0 Å². The zero-order valence-electron chi connectivity index (χ0n) is 38.4. The third kappa shape index (κ3) is 10.9. The van der Waals surface area contributed by atoms with Crippen molar-refractivity contribution in [1.29, 1.82) is 0 Å². The topological polar surface area (TPSA) is 138 Å². The van der Waals surface area contributed by atoms with Crippen molar-refractivity contribution in [2.75, 3.05) is 46.9 Å². The standard InChI is InChI=1S/C52H58Cl2N6O7/c1-33-46(62)24-37(31-61)51(64)57(3)40(23-34-11-16-38(53)17-12-34)29-56(2)52(65)43(44-32-66-47-10-6-5-9-42(44)47)26-50(63)60(33)28-36-13-18-39(54)25-48(36)67-41-19-14-35(15-20-41)45-27-55-49(58(45)4)30-59-21-7-8-22-59/h5-6,9-20,25,27,33,37,40,43-44,61H,7-8,21-24,26,28-32H2,1-4H3/t33-,37-,40+,43-,44-/m0/s1. The lowest BCUT2D eigenvalue weighted by Gasteiger charge is -2.37. The van der Waals surface area contributed by atoms with Crippen molar-refractivity contribution in [3.8, 4) is 28.5 Å². The van der Waals surface area contributed by atoms with Crippen molar-refractivity contribution in [3.05, 3.63) is 130 Å². The zero-order valence-corrected chi connectivity index (χ0v) is 40.0. The second-order valence-corrected chi connectivity index (χ2v) is 19.0. The van der Waals surface area contributed by atoms with Crippen molar-refractivity contribution in [3.63, 3.8) is 0 Å². The number of carbonyl (C=O) groups is 4. The van der Waals surface area contributed by atoms with Crippen LogP contribution in [0.15, 0.2) is 97.2 Å². The van der Waals surface area contributed by atoms with Crippen molar-refractivity contribution < 1.29 is 33.8 Å². The van der Waals surface area contributed by atoms with Gasteiger partial charge in [0.2, 0.25) is 17.7 Å². The third-order valence-electron chi connectivity index (χ3n) is 13.7. The molecular weight excluding hydrogens is 892 g/mol. The minimum absolute atomic E-state index is 0.0829. The second kappa shape index (κ2) is 21.1. The first-order chi connectivity index (χ1) is 32.3. The van der Waals surface area contributed by atoms with E-state index in [0.717, 1.165) is 47.8 Å². The summed E-state index contributed by atoms with van der Waals surface area (Å²) >= 11 is 12.8. The molecule has 5 aromatic rings. The first kappa shape index (κ1) is 47.8. The summed E-state index contributed by atoms with van der Waals surface area (Å²) in [6.07, 6.45) is 4.13. The Labute approximate surface area is 402 Å². The number of carbonyl (C=O) groups excluding carboxylic acids is 4. The molecule has 3 aliphatic heterocycles. The summed E-state index contributed by atoms with van der Waals surface area (Å²) in [6, 6.07) is 26.0. The van der Waals surface area contributed by atoms with Crippen molar-refractivity contribution in [2.24, 2.45) is 18.9 Å². The number of para-hydroxylation sites is 1. The molecule has 1 aromatic heterocycles. The Bertz CT molecular complexity index is 2580. The Morgan fingerprint density at radius 2 is 1.54 bits per heavy atom. The van der Waals surface area contributed by atoms with E-state index in [2.05, 4.69) is 9.47 Å². The molecule has 0 aliphatic carbocycles.